The number of ether oxygens (including phenoxy) is 2. The highest BCUT2D eigenvalue weighted by Crippen LogP contribution is 2.43. The number of nitrogens with one attached hydrogen (secondary N) is 2. The highest BCUT2D eigenvalue weighted by atomic mass is 16.6. The van der Waals surface area contributed by atoms with E-state index in [0.29, 0.717) is 6.54 Å². The van der Waals surface area contributed by atoms with Crippen LogP contribution in [0.3, 0.4) is 0 Å². The summed E-state index contributed by atoms with van der Waals surface area (Å²) in [6.07, 6.45) is 9.85. The molecule has 3 amide bonds. The molecule has 3 aromatic carbocycles. The van der Waals surface area contributed by atoms with Gasteiger partial charge in [-0.2, -0.15) is 0 Å². The molecule has 11 nitrogen and oxygen atoms in total. The number of hydrogen-bond donors (Lipinski definition) is 2. The fourth-order valence-electron chi connectivity index (χ4n) is 8.20. The van der Waals surface area contributed by atoms with Crippen LogP contribution in [0.4, 0.5) is 4.79 Å². The molecule has 3 heterocycles. The Balaban J connectivity index is 1.16. The first-order valence-electron chi connectivity index (χ1n) is 18.7. The number of carbonyl (C=O) groups is 4. The van der Waals surface area contributed by atoms with E-state index in [4.69, 9.17) is 9.47 Å². The zero-order valence-corrected chi connectivity index (χ0v) is 30.1. The maximum atomic E-state index is 15.2. The number of rotatable bonds is 12. The number of aromatic nitrogens is 1. The van der Waals surface area contributed by atoms with E-state index in [0.717, 1.165) is 59.7 Å². The summed E-state index contributed by atoms with van der Waals surface area (Å²) in [5.41, 5.74) is 6.75. The van der Waals surface area contributed by atoms with Crippen molar-refractivity contribution in [2.24, 2.45) is 5.92 Å². The largest absolute Gasteiger partial charge is 0.460 e. The maximum Gasteiger partial charge on any atom is 0.410 e. The topological polar surface area (TPSA) is 124 Å². The molecule has 276 valence electrons. The Morgan fingerprint density at radius 2 is 1.53 bits per heavy atom. The predicted octanol–water partition coefficient (Wildman–Crippen LogP) is 6.43. The zero-order valence-electron chi connectivity index (χ0n) is 30.1. The summed E-state index contributed by atoms with van der Waals surface area (Å²) >= 11 is 0. The van der Waals surface area contributed by atoms with Crippen LogP contribution in [0.15, 0.2) is 103 Å². The molecular weight excluding hydrogens is 670 g/mol. The Labute approximate surface area is 309 Å². The Kier molecular flexibility index (Phi) is 11.2. The summed E-state index contributed by atoms with van der Waals surface area (Å²) in [5.74, 6) is -1.42. The van der Waals surface area contributed by atoms with Gasteiger partial charge >= 0.3 is 12.1 Å². The van der Waals surface area contributed by atoms with Crippen LogP contribution in [0, 0.1) is 5.92 Å². The van der Waals surface area contributed by atoms with Gasteiger partial charge in [-0.15, -0.1) is 0 Å². The molecule has 1 aromatic heterocycles. The van der Waals surface area contributed by atoms with Crippen molar-refractivity contribution in [1.82, 2.24) is 25.2 Å². The normalized spacial score (nSPS) is 20.3. The second kappa shape index (κ2) is 16.5. The standard InChI is InChI=1S/C42H47N5O6/c1-2-37(48)47(44-25-38(49)52-27-29-14-6-3-7-15-29)39(31-18-10-5-11-19-31)41(50)45-23-22-36-40(45)34(33-24-43-35-21-13-12-20-32(33)35)26-46(36)42(51)53-28-30-16-8-4-9-17-30/h3-4,6-9,12-17,20-24,31,34,36,39-40,43-44H,2,5,10-11,18-19,25-28H2,1H3/t34-,36-,39+,40-/m1/s1. The maximum absolute atomic E-state index is 15.2. The lowest BCUT2D eigenvalue weighted by atomic mass is 9.82. The average Bonchev–Trinajstić information content (AvgIpc) is 3.93. The minimum Gasteiger partial charge on any atom is -0.460 e. The van der Waals surface area contributed by atoms with E-state index in [2.05, 4.69) is 10.4 Å². The van der Waals surface area contributed by atoms with Crippen LogP contribution in [0.2, 0.25) is 0 Å². The van der Waals surface area contributed by atoms with Crippen molar-refractivity contribution >= 4 is 34.8 Å². The fraction of sp³-hybridized carbons (Fsp3) is 0.381. The van der Waals surface area contributed by atoms with Crippen LogP contribution < -0.4 is 5.43 Å². The third-order valence-electron chi connectivity index (χ3n) is 10.8. The summed E-state index contributed by atoms with van der Waals surface area (Å²) < 4.78 is 11.3. The van der Waals surface area contributed by atoms with Crippen LogP contribution in [0.1, 0.15) is 68.1 Å². The highest BCUT2D eigenvalue weighted by molar-refractivity contribution is 5.90. The molecule has 53 heavy (non-hydrogen) atoms. The molecule has 4 aromatic rings. The molecule has 3 aliphatic rings. The molecule has 0 unspecified atom stereocenters. The fourth-order valence-corrected chi connectivity index (χ4v) is 8.20. The molecule has 0 spiro atoms. The van der Waals surface area contributed by atoms with E-state index in [9.17, 15) is 14.4 Å². The lowest BCUT2D eigenvalue weighted by molar-refractivity contribution is -0.155. The van der Waals surface area contributed by atoms with Gasteiger partial charge in [-0.1, -0.05) is 105 Å². The number of amides is 3. The number of para-hydroxylation sites is 1. The molecule has 2 fully saturated rings. The van der Waals surface area contributed by atoms with Gasteiger partial charge in [0.05, 0.1) is 12.1 Å². The molecule has 0 radical (unpaired) electrons. The van der Waals surface area contributed by atoms with Gasteiger partial charge < -0.3 is 19.4 Å². The van der Waals surface area contributed by atoms with Crippen LogP contribution in [-0.4, -0.2) is 74.9 Å². The number of H-pyrrole nitrogens is 1. The quantitative estimate of drug-likeness (QED) is 0.128. The Morgan fingerprint density at radius 1 is 0.868 bits per heavy atom. The number of nitrogens with zero attached hydrogens (tertiary/aromatic N) is 3. The van der Waals surface area contributed by atoms with Crippen molar-refractivity contribution in [3.05, 3.63) is 120 Å². The van der Waals surface area contributed by atoms with E-state index in [1.165, 1.54) is 5.01 Å². The van der Waals surface area contributed by atoms with Crippen LogP contribution >= 0.6 is 0 Å². The van der Waals surface area contributed by atoms with E-state index in [-0.39, 0.29) is 49.8 Å². The molecule has 7 rings (SSSR count). The van der Waals surface area contributed by atoms with E-state index in [1.807, 2.05) is 97.2 Å². The molecule has 1 saturated heterocycles. The SMILES string of the molecule is CCC(=O)N(NCC(=O)OCc1ccccc1)[C@H](C(=O)N1C=C[C@@H]2[C@H]1[C@@H](c1c[nH]c3ccccc13)CN2C(=O)OCc1ccccc1)C1CCCCC1. The molecule has 2 N–H and O–H groups in total. The van der Waals surface area contributed by atoms with Crippen LogP contribution in [0.25, 0.3) is 10.9 Å². The first kappa shape index (κ1) is 36.0. The van der Waals surface area contributed by atoms with Gasteiger partial charge in [0.1, 0.15) is 25.8 Å². The van der Waals surface area contributed by atoms with Gasteiger partial charge in [0.25, 0.3) is 5.91 Å². The summed E-state index contributed by atoms with van der Waals surface area (Å²) in [7, 11) is 0. The Morgan fingerprint density at radius 3 is 2.23 bits per heavy atom. The number of carbonyl (C=O) groups excluding carboxylic acids is 4. The van der Waals surface area contributed by atoms with Crippen molar-refractivity contribution < 1.29 is 28.7 Å². The van der Waals surface area contributed by atoms with Crippen molar-refractivity contribution in [2.45, 2.75) is 82.7 Å². The lowest BCUT2D eigenvalue weighted by Crippen LogP contribution is -2.61. The second-order valence-electron chi connectivity index (χ2n) is 14.1. The monoisotopic (exact) mass is 717 g/mol. The van der Waals surface area contributed by atoms with Gasteiger partial charge in [0.15, 0.2) is 0 Å². The summed E-state index contributed by atoms with van der Waals surface area (Å²) in [4.78, 5) is 62.4. The second-order valence-corrected chi connectivity index (χ2v) is 14.1. The first-order valence-corrected chi connectivity index (χ1v) is 18.7. The van der Waals surface area contributed by atoms with E-state index < -0.39 is 30.2 Å². The summed E-state index contributed by atoms with van der Waals surface area (Å²) in [6.45, 7) is 2.07. The number of esters is 1. The van der Waals surface area contributed by atoms with Crippen molar-refractivity contribution in [1.29, 1.82) is 0 Å². The Hall–Kier alpha value is -5.42. The van der Waals surface area contributed by atoms with Gasteiger partial charge in [-0.3, -0.25) is 24.3 Å². The number of aromatic amines is 1. The van der Waals surface area contributed by atoms with Crippen molar-refractivity contribution in [3.63, 3.8) is 0 Å². The van der Waals surface area contributed by atoms with Gasteiger partial charge in [0.2, 0.25) is 5.91 Å². The molecule has 2 aliphatic heterocycles. The zero-order chi connectivity index (χ0) is 36.7. The minimum atomic E-state index is -0.865. The van der Waals surface area contributed by atoms with Crippen molar-refractivity contribution in [2.75, 3.05) is 13.1 Å². The molecule has 4 atom stereocenters. The third-order valence-corrected chi connectivity index (χ3v) is 10.8. The minimum absolute atomic E-state index is 0.106. The lowest BCUT2D eigenvalue weighted by Gasteiger charge is -2.40. The Bertz CT molecular complexity index is 1920. The van der Waals surface area contributed by atoms with Crippen LogP contribution in [-0.2, 0) is 37.1 Å². The summed E-state index contributed by atoms with van der Waals surface area (Å²) in [6, 6.07) is 25.2. The van der Waals surface area contributed by atoms with Gasteiger partial charge in [-0.05, 0) is 47.6 Å². The number of hydrogen-bond acceptors (Lipinski definition) is 7. The van der Waals surface area contributed by atoms with E-state index >= 15 is 4.79 Å². The number of likely N-dealkylation sites (tertiary alicyclic amines) is 1. The van der Waals surface area contributed by atoms with Gasteiger partial charge in [-0.25, -0.2) is 10.2 Å². The number of fused-ring (bicyclic) bond motifs is 2. The summed E-state index contributed by atoms with van der Waals surface area (Å²) in [5, 5.41) is 2.42. The van der Waals surface area contributed by atoms with Crippen LogP contribution in [0.5, 0.6) is 0 Å². The van der Waals surface area contributed by atoms with E-state index in [1.54, 1.807) is 22.9 Å². The number of benzene rings is 3. The highest BCUT2D eigenvalue weighted by Gasteiger charge is 2.53. The molecule has 11 heteroatoms. The first-order chi connectivity index (χ1) is 25.9. The average molecular weight is 718 g/mol. The predicted molar refractivity (Wildman–Crippen MR) is 200 cm³/mol. The molecule has 1 aliphatic carbocycles. The molecule has 1 saturated carbocycles. The molecular formula is C42H47N5O6. The molecule has 0 bridgehead atoms. The van der Waals surface area contributed by atoms with Crippen molar-refractivity contribution in [3.8, 4) is 0 Å². The third kappa shape index (κ3) is 7.85. The smallest absolute Gasteiger partial charge is 0.410 e. The van der Waals surface area contributed by atoms with Gasteiger partial charge in [0, 0.05) is 42.2 Å². The number of hydrazine groups is 1.